The van der Waals surface area contributed by atoms with E-state index < -0.39 is 0 Å². The maximum atomic E-state index is 13.9. The third-order valence-corrected chi connectivity index (χ3v) is 6.43. The number of amides is 1. The minimum Gasteiger partial charge on any atom is -0.490 e. The lowest BCUT2D eigenvalue weighted by Gasteiger charge is -2.23. The summed E-state index contributed by atoms with van der Waals surface area (Å²) in [5, 5.41) is 11.6. The van der Waals surface area contributed by atoms with E-state index >= 15 is 0 Å². The van der Waals surface area contributed by atoms with Crippen LogP contribution in [0, 0.1) is 11.7 Å². The van der Waals surface area contributed by atoms with Crippen molar-refractivity contribution in [1.82, 2.24) is 20.2 Å². The first-order chi connectivity index (χ1) is 16.4. The van der Waals surface area contributed by atoms with Crippen molar-refractivity contribution < 1.29 is 18.7 Å². The molecule has 4 rings (SSSR count). The summed E-state index contributed by atoms with van der Waals surface area (Å²) in [6.07, 6.45) is 1.04. The third kappa shape index (κ3) is 5.61. The smallest absolute Gasteiger partial charge is 0.230 e. The quantitative estimate of drug-likeness (QED) is 0.372. The molecule has 1 aliphatic rings. The fraction of sp³-hybridized carbons (Fsp3) is 0.375. The summed E-state index contributed by atoms with van der Waals surface area (Å²) < 4.78 is 26.7. The number of hydrogen-bond donors (Lipinski definition) is 2. The van der Waals surface area contributed by atoms with Gasteiger partial charge in [0.1, 0.15) is 5.82 Å². The highest BCUT2D eigenvalue weighted by molar-refractivity contribution is 7.99. The second-order valence-electron chi connectivity index (χ2n) is 8.37. The average molecular weight is 486 g/mol. The molecule has 2 heterocycles. The van der Waals surface area contributed by atoms with Gasteiger partial charge in [0.25, 0.3) is 0 Å². The first-order valence-corrected chi connectivity index (χ1v) is 12.2. The van der Waals surface area contributed by atoms with Crippen molar-refractivity contribution >= 4 is 17.7 Å². The van der Waals surface area contributed by atoms with Gasteiger partial charge in [0.05, 0.1) is 25.0 Å². The van der Waals surface area contributed by atoms with Gasteiger partial charge in [0, 0.05) is 12.8 Å². The Labute approximate surface area is 202 Å². The SMILES string of the molecule is CC(C)C(NC(=O)CSc1nnc(Cc2ccccc2F)n1N)c1ccc2c(c1)OCCCO2. The molecule has 1 aromatic heterocycles. The zero-order valence-electron chi connectivity index (χ0n) is 19.2. The Morgan fingerprint density at radius 1 is 1.18 bits per heavy atom. The molecule has 1 amide bonds. The number of halogens is 1. The van der Waals surface area contributed by atoms with Gasteiger partial charge in [-0.15, -0.1) is 10.2 Å². The summed E-state index contributed by atoms with van der Waals surface area (Å²) in [6, 6.07) is 12.0. The number of rotatable bonds is 8. The van der Waals surface area contributed by atoms with Crippen molar-refractivity contribution in [2.75, 3.05) is 24.8 Å². The molecule has 10 heteroatoms. The second kappa shape index (κ2) is 10.8. The molecule has 0 radical (unpaired) electrons. The number of thioether (sulfide) groups is 1. The molecule has 2 aromatic carbocycles. The van der Waals surface area contributed by atoms with Gasteiger partial charge in [-0.25, -0.2) is 9.07 Å². The maximum Gasteiger partial charge on any atom is 0.230 e. The molecule has 1 aliphatic heterocycles. The van der Waals surface area contributed by atoms with Gasteiger partial charge < -0.3 is 20.6 Å². The number of aromatic nitrogens is 3. The predicted octanol–water partition coefficient (Wildman–Crippen LogP) is 3.49. The van der Waals surface area contributed by atoms with E-state index in [0.717, 1.165) is 17.7 Å². The monoisotopic (exact) mass is 485 g/mol. The highest BCUT2D eigenvalue weighted by Gasteiger charge is 2.22. The van der Waals surface area contributed by atoms with Crippen molar-refractivity contribution in [3.63, 3.8) is 0 Å². The van der Waals surface area contributed by atoms with Crippen LogP contribution in [0.5, 0.6) is 11.5 Å². The number of ether oxygens (including phenoxy) is 2. The van der Waals surface area contributed by atoms with Gasteiger partial charge in [-0.1, -0.05) is 49.9 Å². The van der Waals surface area contributed by atoms with Gasteiger partial charge in [0.15, 0.2) is 17.3 Å². The number of hydrogen-bond acceptors (Lipinski definition) is 7. The number of carbonyl (C=O) groups is 1. The first kappa shape index (κ1) is 23.9. The average Bonchev–Trinajstić information content (AvgIpc) is 3.01. The minimum absolute atomic E-state index is 0.114. The van der Waals surface area contributed by atoms with Gasteiger partial charge in [-0.2, -0.15) is 0 Å². The summed E-state index contributed by atoms with van der Waals surface area (Å²) in [4.78, 5) is 12.8. The lowest BCUT2D eigenvalue weighted by Crippen LogP contribution is -2.33. The van der Waals surface area contributed by atoms with E-state index in [-0.39, 0.29) is 35.9 Å². The van der Waals surface area contributed by atoms with Gasteiger partial charge in [-0.3, -0.25) is 4.79 Å². The highest BCUT2D eigenvalue weighted by Crippen LogP contribution is 2.34. The Kier molecular flexibility index (Phi) is 7.56. The number of nitrogens with one attached hydrogen (secondary N) is 1. The van der Waals surface area contributed by atoms with Crippen molar-refractivity contribution in [2.24, 2.45) is 5.92 Å². The summed E-state index contributed by atoms with van der Waals surface area (Å²) in [6.45, 7) is 5.32. The Balaban J connectivity index is 1.38. The molecule has 0 saturated carbocycles. The zero-order chi connectivity index (χ0) is 24.1. The Hall–Kier alpha value is -3.27. The standard InChI is InChI=1S/C24H28FN5O3S/c1-15(2)23(17-8-9-19-20(12-17)33-11-5-10-32-19)27-22(31)14-34-24-29-28-21(30(24)26)13-16-6-3-4-7-18(16)25/h3-4,6-9,12,15,23H,5,10-11,13-14,26H2,1-2H3,(H,27,31). The maximum absolute atomic E-state index is 13.9. The molecule has 0 saturated heterocycles. The fourth-order valence-corrected chi connectivity index (χ4v) is 4.38. The second-order valence-corrected chi connectivity index (χ2v) is 9.31. The minimum atomic E-state index is -0.325. The molecule has 0 fully saturated rings. The highest BCUT2D eigenvalue weighted by atomic mass is 32.2. The Morgan fingerprint density at radius 3 is 2.71 bits per heavy atom. The molecule has 0 bridgehead atoms. The first-order valence-electron chi connectivity index (χ1n) is 11.2. The molecule has 1 unspecified atom stereocenters. The van der Waals surface area contributed by atoms with Crippen LogP contribution in [-0.4, -0.2) is 39.7 Å². The topological polar surface area (TPSA) is 104 Å². The lowest BCUT2D eigenvalue weighted by atomic mass is 9.95. The van der Waals surface area contributed by atoms with E-state index in [9.17, 15) is 9.18 Å². The van der Waals surface area contributed by atoms with Crippen LogP contribution in [0.25, 0.3) is 0 Å². The molecule has 3 aromatic rings. The largest absolute Gasteiger partial charge is 0.490 e. The number of nitrogen functional groups attached to an aromatic ring is 1. The van der Waals surface area contributed by atoms with Crippen molar-refractivity contribution in [2.45, 2.75) is 37.9 Å². The molecule has 0 spiro atoms. The van der Waals surface area contributed by atoms with Crippen molar-refractivity contribution in [1.29, 1.82) is 0 Å². The van der Waals surface area contributed by atoms with Crippen LogP contribution >= 0.6 is 11.8 Å². The van der Waals surface area contributed by atoms with Crippen LogP contribution in [0.3, 0.4) is 0 Å². The number of nitrogens with two attached hydrogens (primary N) is 1. The van der Waals surface area contributed by atoms with E-state index in [2.05, 4.69) is 15.5 Å². The van der Waals surface area contributed by atoms with E-state index in [1.807, 2.05) is 32.0 Å². The van der Waals surface area contributed by atoms with Gasteiger partial charge >= 0.3 is 0 Å². The van der Waals surface area contributed by atoms with E-state index in [4.69, 9.17) is 15.3 Å². The molecule has 34 heavy (non-hydrogen) atoms. The Morgan fingerprint density at radius 2 is 1.94 bits per heavy atom. The van der Waals surface area contributed by atoms with Crippen LogP contribution in [0.2, 0.25) is 0 Å². The number of nitrogens with zero attached hydrogens (tertiary/aromatic N) is 3. The van der Waals surface area contributed by atoms with Crippen LogP contribution in [0.4, 0.5) is 4.39 Å². The number of benzene rings is 2. The van der Waals surface area contributed by atoms with Crippen molar-refractivity contribution in [3.8, 4) is 11.5 Å². The van der Waals surface area contributed by atoms with Crippen LogP contribution < -0.4 is 20.6 Å². The van der Waals surface area contributed by atoms with E-state index in [1.165, 1.54) is 22.5 Å². The van der Waals surface area contributed by atoms with Gasteiger partial charge in [0.2, 0.25) is 11.1 Å². The lowest BCUT2D eigenvalue weighted by molar-refractivity contribution is -0.119. The van der Waals surface area contributed by atoms with Gasteiger partial charge in [-0.05, 0) is 35.2 Å². The van der Waals surface area contributed by atoms with Crippen molar-refractivity contribution in [3.05, 3.63) is 65.2 Å². The van der Waals surface area contributed by atoms with Crippen LogP contribution in [0.1, 0.15) is 43.3 Å². The van der Waals surface area contributed by atoms with Crippen LogP contribution in [0.15, 0.2) is 47.6 Å². The molecular formula is C24H28FN5O3S. The van der Waals surface area contributed by atoms with E-state index in [0.29, 0.717) is 35.5 Å². The summed E-state index contributed by atoms with van der Waals surface area (Å²) in [7, 11) is 0. The molecule has 3 N–H and O–H groups in total. The summed E-state index contributed by atoms with van der Waals surface area (Å²) in [5.74, 6) is 7.72. The molecule has 1 atom stereocenters. The van der Waals surface area contributed by atoms with Crippen LogP contribution in [-0.2, 0) is 11.2 Å². The van der Waals surface area contributed by atoms with E-state index in [1.54, 1.807) is 18.2 Å². The zero-order valence-corrected chi connectivity index (χ0v) is 20.0. The normalized spacial score (nSPS) is 14.0. The third-order valence-electron chi connectivity index (χ3n) is 5.49. The number of fused-ring (bicyclic) bond motifs is 1. The molecule has 180 valence electrons. The molecule has 0 aliphatic carbocycles. The summed E-state index contributed by atoms with van der Waals surface area (Å²) >= 11 is 1.18. The molecule has 8 nitrogen and oxygen atoms in total. The fourth-order valence-electron chi connectivity index (χ4n) is 3.69. The molecular weight excluding hydrogens is 457 g/mol. The Bertz CT molecular complexity index is 1150. The predicted molar refractivity (Wildman–Crippen MR) is 128 cm³/mol. The number of carbonyl (C=O) groups excluding carboxylic acids is 1. The summed E-state index contributed by atoms with van der Waals surface area (Å²) in [5.41, 5.74) is 1.43.